The Hall–Kier alpha value is -3.87. The van der Waals surface area contributed by atoms with Gasteiger partial charge in [-0.25, -0.2) is 18.4 Å². The predicted octanol–water partition coefficient (Wildman–Crippen LogP) is 2.28. The molecule has 2 aromatic carbocycles. The summed E-state index contributed by atoms with van der Waals surface area (Å²) in [6.45, 7) is 1.08. The molecule has 3 aromatic rings. The van der Waals surface area contributed by atoms with E-state index in [4.69, 9.17) is 14.3 Å². The van der Waals surface area contributed by atoms with E-state index in [1.807, 2.05) is 0 Å². The van der Waals surface area contributed by atoms with Crippen molar-refractivity contribution in [2.45, 2.75) is 4.90 Å². The van der Waals surface area contributed by atoms with Gasteiger partial charge in [0, 0.05) is 31.2 Å². The summed E-state index contributed by atoms with van der Waals surface area (Å²) in [4.78, 5) is 25.3. The van der Waals surface area contributed by atoms with Gasteiger partial charge in [0.15, 0.2) is 6.61 Å². The largest absolute Gasteiger partial charge is 0.424 e. The van der Waals surface area contributed by atoms with Crippen LogP contribution in [0.3, 0.4) is 0 Å². The molecule has 1 amide bonds. The number of amides is 1. The number of oxime groups is 1. The number of anilines is 1. The summed E-state index contributed by atoms with van der Waals surface area (Å²) in [6, 6.07) is 14.9. The van der Waals surface area contributed by atoms with E-state index in [0.29, 0.717) is 37.7 Å². The van der Waals surface area contributed by atoms with Crippen LogP contribution in [-0.4, -0.2) is 67.7 Å². The molecule has 0 bridgehead atoms. The first-order chi connectivity index (χ1) is 17.0. The summed E-state index contributed by atoms with van der Waals surface area (Å²) in [5.41, 5.74) is 1.19. The van der Waals surface area contributed by atoms with Crippen LogP contribution in [0.25, 0.3) is 0 Å². The number of carbonyl (C=O) groups excluding carboxylic acids is 1. The Morgan fingerprint density at radius 1 is 1.06 bits per heavy atom. The summed E-state index contributed by atoms with van der Waals surface area (Å²) in [6.07, 6.45) is 4.63. The Morgan fingerprint density at radius 3 is 2.43 bits per heavy atom. The van der Waals surface area contributed by atoms with Crippen molar-refractivity contribution < 1.29 is 27.5 Å². The smallest absolute Gasteiger partial charge is 0.321 e. The molecule has 1 saturated heterocycles. The van der Waals surface area contributed by atoms with Gasteiger partial charge in [-0.2, -0.15) is 4.31 Å². The van der Waals surface area contributed by atoms with Crippen LogP contribution in [0, 0.1) is 0 Å². The Balaban J connectivity index is 1.22. The molecule has 4 rings (SSSR count). The number of sulfonamides is 1. The van der Waals surface area contributed by atoms with Crippen LogP contribution in [0.2, 0.25) is 0 Å². The minimum Gasteiger partial charge on any atom is -0.424 e. The van der Waals surface area contributed by atoms with E-state index in [9.17, 15) is 13.2 Å². The quantitative estimate of drug-likeness (QED) is 0.352. The van der Waals surface area contributed by atoms with Gasteiger partial charge in [-0.15, -0.1) is 0 Å². The number of nitrogens with one attached hydrogen (secondary N) is 1. The molecular weight excluding hydrogens is 474 g/mol. The number of morpholine rings is 1. The van der Waals surface area contributed by atoms with E-state index < -0.39 is 15.9 Å². The number of rotatable bonds is 9. The molecule has 12 heteroatoms. The molecule has 1 fully saturated rings. The number of aromatic nitrogens is 2. The lowest BCUT2D eigenvalue weighted by Gasteiger charge is -2.26. The second-order valence-electron chi connectivity index (χ2n) is 7.30. The average molecular weight is 498 g/mol. The fraction of sp³-hybridized carbons (Fsp3) is 0.217. The summed E-state index contributed by atoms with van der Waals surface area (Å²) in [5, 5.41) is 6.42. The van der Waals surface area contributed by atoms with Crippen LogP contribution in [0.5, 0.6) is 11.8 Å². The molecule has 0 aliphatic carbocycles. The minimum absolute atomic E-state index is 0.158. The van der Waals surface area contributed by atoms with Gasteiger partial charge in [0.1, 0.15) is 5.75 Å². The van der Waals surface area contributed by atoms with Crippen molar-refractivity contribution in [3.63, 3.8) is 0 Å². The summed E-state index contributed by atoms with van der Waals surface area (Å²) in [7, 11) is -3.59. The number of benzene rings is 2. The molecule has 0 saturated carbocycles. The van der Waals surface area contributed by atoms with Gasteiger partial charge in [0.05, 0.1) is 24.3 Å². The van der Waals surface area contributed by atoms with Crippen LogP contribution in [0.15, 0.2) is 77.0 Å². The van der Waals surface area contributed by atoms with Gasteiger partial charge >= 0.3 is 6.01 Å². The molecular formula is C23H23N5O6S. The number of hydrogen-bond acceptors (Lipinski definition) is 9. The third-order valence-electron chi connectivity index (χ3n) is 4.85. The van der Waals surface area contributed by atoms with E-state index in [1.165, 1.54) is 34.8 Å². The van der Waals surface area contributed by atoms with Gasteiger partial charge in [-0.05, 0) is 60.2 Å². The number of hydrogen-bond donors (Lipinski definition) is 1. The highest BCUT2D eigenvalue weighted by Gasteiger charge is 2.26. The summed E-state index contributed by atoms with van der Waals surface area (Å²) < 4.78 is 37.4. The van der Waals surface area contributed by atoms with E-state index in [1.54, 1.807) is 42.7 Å². The van der Waals surface area contributed by atoms with Gasteiger partial charge in [-0.1, -0.05) is 5.16 Å². The lowest BCUT2D eigenvalue weighted by Crippen LogP contribution is -2.40. The van der Waals surface area contributed by atoms with E-state index in [2.05, 4.69) is 20.4 Å². The topological polar surface area (TPSA) is 132 Å². The van der Waals surface area contributed by atoms with Crippen LogP contribution >= 0.6 is 0 Å². The molecule has 1 N–H and O–H groups in total. The zero-order valence-corrected chi connectivity index (χ0v) is 19.4. The lowest BCUT2D eigenvalue weighted by atomic mass is 10.2. The lowest BCUT2D eigenvalue weighted by molar-refractivity contribution is -0.120. The highest BCUT2D eigenvalue weighted by Crippen LogP contribution is 2.20. The number of nitrogens with zero attached hydrogens (tertiary/aromatic N) is 4. The third kappa shape index (κ3) is 6.82. The Labute approximate surface area is 202 Å². The fourth-order valence-corrected chi connectivity index (χ4v) is 4.51. The Morgan fingerprint density at radius 2 is 1.74 bits per heavy atom. The maximum Gasteiger partial charge on any atom is 0.321 e. The molecule has 2 heterocycles. The van der Waals surface area contributed by atoms with Crippen molar-refractivity contribution >= 4 is 27.8 Å². The van der Waals surface area contributed by atoms with Crippen molar-refractivity contribution in [3.05, 3.63) is 72.6 Å². The van der Waals surface area contributed by atoms with E-state index >= 15 is 0 Å². The minimum atomic E-state index is -3.59. The van der Waals surface area contributed by atoms with Crippen LogP contribution < -0.4 is 10.1 Å². The monoisotopic (exact) mass is 497 g/mol. The zero-order chi connectivity index (χ0) is 24.5. The van der Waals surface area contributed by atoms with E-state index in [-0.39, 0.29) is 17.5 Å². The summed E-state index contributed by atoms with van der Waals surface area (Å²) >= 11 is 0. The fourth-order valence-electron chi connectivity index (χ4n) is 3.10. The molecule has 1 aromatic heterocycles. The average Bonchev–Trinajstić information content (AvgIpc) is 2.89. The molecule has 11 nitrogen and oxygen atoms in total. The number of carbonyl (C=O) groups is 1. The van der Waals surface area contributed by atoms with Crippen molar-refractivity contribution in [2.24, 2.45) is 5.16 Å². The molecule has 182 valence electrons. The maximum absolute atomic E-state index is 12.6. The second-order valence-corrected chi connectivity index (χ2v) is 9.24. The molecule has 0 unspecified atom stereocenters. The highest BCUT2D eigenvalue weighted by molar-refractivity contribution is 7.89. The van der Waals surface area contributed by atoms with Crippen LogP contribution in [-0.2, 0) is 24.4 Å². The first kappa shape index (κ1) is 24.3. The molecule has 1 aliphatic heterocycles. The molecule has 0 atom stereocenters. The molecule has 1 aliphatic rings. The normalized spacial score (nSPS) is 14.5. The Kier molecular flexibility index (Phi) is 7.98. The summed E-state index contributed by atoms with van der Waals surface area (Å²) in [5.74, 6) is 0.134. The maximum atomic E-state index is 12.6. The van der Waals surface area contributed by atoms with E-state index in [0.717, 1.165) is 5.56 Å². The molecule has 0 spiro atoms. The van der Waals surface area contributed by atoms with Gasteiger partial charge < -0.3 is 19.6 Å². The van der Waals surface area contributed by atoms with Crippen molar-refractivity contribution in [3.8, 4) is 11.8 Å². The second kappa shape index (κ2) is 11.5. The zero-order valence-electron chi connectivity index (χ0n) is 18.6. The Bertz CT molecular complexity index is 1250. The first-order valence-corrected chi connectivity index (χ1v) is 12.1. The van der Waals surface area contributed by atoms with Crippen molar-refractivity contribution in [1.82, 2.24) is 14.3 Å². The SMILES string of the molecule is O=C(CO/N=C\c1ccc(Oc2ncccn2)cc1)Nc1ccc(S(=O)(=O)N2CCOCC2)cc1. The number of ether oxygens (including phenoxy) is 2. The van der Waals surface area contributed by atoms with Crippen LogP contribution in [0.1, 0.15) is 5.56 Å². The first-order valence-electron chi connectivity index (χ1n) is 10.7. The van der Waals surface area contributed by atoms with Crippen molar-refractivity contribution in [1.29, 1.82) is 0 Å². The third-order valence-corrected chi connectivity index (χ3v) is 6.76. The molecule has 35 heavy (non-hydrogen) atoms. The predicted molar refractivity (Wildman–Crippen MR) is 127 cm³/mol. The highest BCUT2D eigenvalue weighted by atomic mass is 32.2. The molecule has 0 radical (unpaired) electrons. The van der Waals surface area contributed by atoms with Gasteiger partial charge in [0.2, 0.25) is 10.0 Å². The van der Waals surface area contributed by atoms with Crippen molar-refractivity contribution in [2.75, 3.05) is 38.2 Å². The van der Waals surface area contributed by atoms with Crippen LogP contribution in [0.4, 0.5) is 5.69 Å². The van der Waals surface area contributed by atoms with Gasteiger partial charge in [-0.3, -0.25) is 4.79 Å². The van der Waals surface area contributed by atoms with Gasteiger partial charge in [0.25, 0.3) is 5.91 Å². The standard InChI is InChI=1S/C23H23N5O6S/c29-22(27-19-4-8-21(9-5-19)35(30,31)28-12-14-32-15-13-28)17-33-26-16-18-2-6-20(7-3-18)34-23-24-10-1-11-25-23/h1-11,16H,12-15,17H2,(H,27,29)/b26-16-.